The summed E-state index contributed by atoms with van der Waals surface area (Å²) in [6.45, 7) is 5.99. The Bertz CT molecular complexity index is 954. The van der Waals surface area contributed by atoms with Crippen molar-refractivity contribution in [1.82, 2.24) is 4.98 Å². The number of fused-ring (bicyclic) bond motifs is 1. The molecular formula is C18H19NO3S. The summed E-state index contributed by atoms with van der Waals surface area (Å²) in [6.07, 6.45) is 0.852. The average molecular weight is 329 g/mol. The molecular weight excluding hydrogens is 310 g/mol. The standard InChI is InChI=1S/C18H19NO3S/c1-4-16-13(3)15-6-5-7-17(18(15)19-16)22-23(20,21)14-10-8-12(2)9-11-14/h5-11,19H,4H2,1-3H3. The molecule has 0 saturated carbocycles. The second-order valence-corrected chi connectivity index (χ2v) is 7.16. The topological polar surface area (TPSA) is 59.2 Å². The van der Waals surface area contributed by atoms with Gasteiger partial charge < -0.3 is 9.17 Å². The molecule has 0 fully saturated rings. The summed E-state index contributed by atoms with van der Waals surface area (Å²) in [5.74, 6) is 0.325. The van der Waals surface area contributed by atoms with E-state index >= 15 is 0 Å². The van der Waals surface area contributed by atoms with Gasteiger partial charge in [-0.25, -0.2) is 0 Å². The van der Waals surface area contributed by atoms with E-state index in [1.807, 2.05) is 26.0 Å². The molecule has 0 spiro atoms. The summed E-state index contributed by atoms with van der Waals surface area (Å²) in [7, 11) is -3.85. The van der Waals surface area contributed by atoms with E-state index < -0.39 is 10.1 Å². The highest BCUT2D eigenvalue weighted by molar-refractivity contribution is 7.87. The molecule has 0 aliphatic heterocycles. The average Bonchev–Trinajstić information content (AvgIpc) is 2.85. The Morgan fingerprint density at radius 3 is 2.39 bits per heavy atom. The summed E-state index contributed by atoms with van der Waals surface area (Å²) in [5, 5.41) is 0.985. The normalized spacial score (nSPS) is 11.8. The third-order valence-corrected chi connectivity index (χ3v) is 5.27. The number of rotatable bonds is 4. The molecule has 2 aromatic carbocycles. The first-order valence-electron chi connectivity index (χ1n) is 7.53. The number of benzene rings is 2. The fourth-order valence-electron chi connectivity index (χ4n) is 2.67. The van der Waals surface area contributed by atoms with E-state index in [0.29, 0.717) is 5.75 Å². The summed E-state index contributed by atoms with van der Waals surface area (Å²) in [4.78, 5) is 3.43. The van der Waals surface area contributed by atoms with E-state index in [4.69, 9.17) is 4.18 Å². The van der Waals surface area contributed by atoms with Crippen molar-refractivity contribution in [2.24, 2.45) is 0 Å². The molecule has 23 heavy (non-hydrogen) atoms. The predicted octanol–water partition coefficient (Wildman–Crippen LogP) is 4.11. The van der Waals surface area contributed by atoms with Gasteiger partial charge in [0, 0.05) is 11.1 Å². The highest BCUT2D eigenvalue weighted by Gasteiger charge is 2.19. The van der Waals surface area contributed by atoms with Crippen LogP contribution >= 0.6 is 0 Å². The molecule has 0 atom stereocenters. The molecule has 1 aromatic heterocycles. The summed E-state index contributed by atoms with van der Waals surface area (Å²) >= 11 is 0. The number of aromatic amines is 1. The quantitative estimate of drug-likeness (QED) is 0.733. The molecule has 1 N–H and O–H groups in total. The van der Waals surface area contributed by atoms with Crippen LogP contribution in [0.2, 0.25) is 0 Å². The van der Waals surface area contributed by atoms with E-state index in [1.165, 1.54) is 0 Å². The summed E-state index contributed by atoms with van der Waals surface area (Å²) < 4.78 is 30.4. The monoisotopic (exact) mass is 329 g/mol. The Balaban J connectivity index is 2.06. The molecule has 0 aliphatic rings. The molecule has 0 aliphatic carbocycles. The maximum absolute atomic E-state index is 12.5. The first-order chi connectivity index (χ1) is 10.9. The van der Waals surface area contributed by atoms with Gasteiger partial charge in [0.25, 0.3) is 0 Å². The van der Waals surface area contributed by atoms with Crippen LogP contribution in [-0.2, 0) is 16.5 Å². The SMILES string of the molecule is CCc1[nH]c2c(OS(=O)(=O)c3ccc(C)cc3)cccc2c1C. The zero-order valence-electron chi connectivity index (χ0n) is 13.4. The van der Waals surface area contributed by atoms with Gasteiger partial charge in [0.05, 0.1) is 5.52 Å². The molecule has 5 heteroatoms. The van der Waals surface area contributed by atoms with Crippen molar-refractivity contribution < 1.29 is 12.6 Å². The largest absolute Gasteiger partial charge is 0.377 e. The minimum absolute atomic E-state index is 0.152. The van der Waals surface area contributed by atoms with E-state index in [9.17, 15) is 8.42 Å². The Hall–Kier alpha value is -2.27. The van der Waals surface area contributed by atoms with E-state index in [-0.39, 0.29) is 4.90 Å². The van der Waals surface area contributed by atoms with Crippen molar-refractivity contribution in [1.29, 1.82) is 0 Å². The van der Waals surface area contributed by atoms with Crippen molar-refractivity contribution in [2.45, 2.75) is 32.1 Å². The Morgan fingerprint density at radius 2 is 1.74 bits per heavy atom. The van der Waals surface area contributed by atoms with Gasteiger partial charge in [-0.3, -0.25) is 0 Å². The Kier molecular flexibility index (Phi) is 3.90. The molecule has 0 radical (unpaired) electrons. The van der Waals surface area contributed by atoms with Crippen LogP contribution in [0.3, 0.4) is 0 Å². The van der Waals surface area contributed by atoms with Crippen molar-refractivity contribution >= 4 is 21.0 Å². The number of para-hydroxylation sites is 1. The van der Waals surface area contributed by atoms with Gasteiger partial charge in [0.2, 0.25) is 0 Å². The van der Waals surface area contributed by atoms with Gasteiger partial charge in [-0.2, -0.15) is 8.42 Å². The number of hydrogen-bond acceptors (Lipinski definition) is 3. The fraction of sp³-hybridized carbons (Fsp3) is 0.222. The van der Waals surface area contributed by atoms with Gasteiger partial charge in [-0.15, -0.1) is 0 Å². The molecule has 1 heterocycles. The molecule has 3 aromatic rings. The molecule has 0 bridgehead atoms. The zero-order valence-corrected chi connectivity index (χ0v) is 14.2. The number of aromatic nitrogens is 1. The van der Waals surface area contributed by atoms with E-state index in [0.717, 1.165) is 34.1 Å². The second-order valence-electron chi connectivity index (χ2n) is 5.61. The van der Waals surface area contributed by atoms with Crippen LogP contribution in [-0.4, -0.2) is 13.4 Å². The van der Waals surface area contributed by atoms with Crippen molar-refractivity contribution in [3.8, 4) is 5.75 Å². The lowest BCUT2D eigenvalue weighted by Crippen LogP contribution is -2.10. The molecule has 0 unspecified atom stereocenters. The number of H-pyrrole nitrogens is 1. The van der Waals surface area contributed by atoms with Crippen LogP contribution in [0.1, 0.15) is 23.7 Å². The molecule has 4 nitrogen and oxygen atoms in total. The third-order valence-electron chi connectivity index (χ3n) is 4.02. The van der Waals surface area contributed by atoms with Crippen molar-refractivity contribution in [3.05, 3.63) is 59.3 Å². The van der Waals surface area contributed by atoms with Crippen LogP contribution in [0.15, 0.2) is 47.4 Å². The lowest BCUT2D eigenvalue weighted by atomic mass is 10.1. The highest BCUT2D eigenvalue weighted by atomic mass is 32.2. The lowest BCUT2D eigenvalue weighted by Gasteiger charge is -2.08. The van der Waals surface area contributed by atoms with Gasteiger partial charge >= 0.3 is 10.1 Å². The van der Waals surface area contributed by atoms with E-state index in [1.54, 1.807) is 30.3 Å². The number of aryl methyl sites for hydroxylation is 3. The van der Waals surface area contributed by atoms with Crippen molar-refractivity contribution in [3.63, 3.8) is 0 Å². The Morgan fingerprint density at radius 1 is 1.04 bits per heavy atom. The molecule has 0 amide bonds. The minimum Gasteiger partial charge on any atom is -0.377 e. The van der Waals surface area contributed by atoms with Gasteiger partial charge in [0.15, 0.2) is 5.75 Å². The van der Waals surface area contributed by atoms with Crippen molar-refractivity contribution in [2.75, 3.05) is 0 Å². The van der Waals surface area contributed by atoms with Crippen LogP contribution < -0.4 is 4.18 Å². The fourth-order valence-corrected chi connectivity index (χ4v) is 3.61. The zero-order chi connectivity index (χ0) is 16.6. The predicted molar refractivity (Wildman–Crippen MR) is 91.4 cm³/mol. The van der Waals surface area contributed by atoms with Crippen LogP contribution in [0, 0.1) is 13.8 Å². The first-order valence-corrected chi connectivity index (χ1v) is 8.94. The molecule has 120 valence electrons. The lowest BCUT2D eigenvalue weighted by molar-refractivity contribution is 0.488. The Labute approximate surface area is 136 Å². The first kappa shape index (κ1) is 15.6. The summed E-state index contributed by atoms with van der Waals surface area (Å²) in [6, 6.07) is 12.1. The maximum Gasteiger partial charge on any atom is 0.339 e. The number of nitrogens with one attached hydrogen (secondary N) is 1. The smallest absolute Gasteiger partial charge is 0.339 e. The van der Waals surface area contributed by atoms with Gasteiger partial charge in [-0.05, 0) is 44.0 Å². The number of hydrogen-bond donors (Lipinski definition) is 1. The summed E-state index contributed by atoms with van der Waals surface area (Å²) in [5.41, 5.74) is 3.93. The second kappa shape index (κ2) is 5.74. The van der Waals surface area contributed by atoms with Crippen LogP contribution in [0.25, 0.3) is 10.9 Å². The molecule has 0 saturated heterocycles. The van der Waals surface area contributed by atoms with E-state index in [2.05, 4.69) is 11.9 Å². The minimum atomic E-state index is -3.85. The van der Waals surface area contributed by atoms with Gasteiger partial charge in [-0.1, -0.05) is 36.8 Å². The molecule has 3 rings (SSSR count). The van der Waals surface area contributed by atoms with Crippen LogP contribution in [0.4, 0.5) is 0 Å². The maximum atomic E-state index is 12.5. The van der Waals surface area contributed by atoms with Gasteiger partial charge in [0.1, 0.15) is 4.90 Å². The third kappa shape index (κ3) is 2.84. The van der Waals surface area contributed by atoms with Crippen LogP contribution in [0.5, 0.6) is 5.75 Å². The highest BCUT2D eigenvalue weighted by Crippen LogP contribution is 2.31.